The van der Waals surface area contributed by atoms with Crippen LogP contribution >= 0.6 is 0 Å². The first-order valence-corrected chi connectivity index (χ1v) is 8.81. The first-order chi connectivity index (χ1) is 12.2. The maximum absolute atomic E-state index is 12.8. The highest BCUT2D eigenvalue weighted by Gasteiger charge is 2.33. The predicted octanol–water partition coefficient (Wildman–Crippen LogP) is 4.20. The Morgan fingerprint density at radius 3 is 2.62 bits per heavy atom. The number of carbonyl (C=O) groups is 2. The van der Waals surface area contributed by atoms with E-state index in [4.69, 9.17) is 9.47 Å². The molecule has 1 unspecified atom stereocenters. The molecule has 5 nitrogen and oxygen atoms in total. The van der Waals surface area contributed by atoms with Crippen LogP contribution in [0.25, 0.3) is 0 Å². The van der Waals surface area contributed by atoms with Crippen molar-refractivity contribution in [3.05, 3.63) is 52.3 Å². The van der Waals surface area contributed by atoms with E-state index in [0.29, 0.717) is 29.7 Å². The number of H-pyrrole nitrogens is 1. The molecule has 1 aromatic carbocycles. The highest BCUT2D eigenvalue weighted by atomic mass is 16.6. The molecule has 1 aromatic heterocycles. The van der Waals surface area contributed by atoms with Crippen LogP contribution in [-0.4, -0.2) is 29.4 Å². The zero-order valence-electron chi connectivity index (χ0n) is 15.9. The van der Waals surface area contributed by atoms with Gasteiger partial charge in [-0.1, -0.05) is 12.1 Å². The molecule has 0 radical (unpaired) electrons. The fourth-order valence-corrected chi connectivity index (χ4v) is 3.50. The second kappa shape index (κ2) is 6.63. The van der Waals surface area contributed by atoms with Crippen molar-refractivity contribution in [1.82, 2.24) is 4.98 Å². The molecule has 0 saturated heterocycles. The van der Waals surface area contributed by atoms with Gasteiger partial charge in [-0.3, -0.25) is 4.79 Å². The van der Waals surface area contributed by atoms with Gasteiger partial charge in [-0.2, -0.15) is 0 Å². The Hall–Kier alpha value is -2.56. The number of ether oxygens (including phenoxy) is 2. The number of nitrogens with one attached hydrogen (secondary N) is 1. The zero-order chi connectivity index (χ0) is 19.1. The third kappa shape index (κ3) is 3.52. The van der Waals surface area contributed by atoms with Crippen LogP contribution in [0, 0.1) is 6.92 Å². The van der Waals surface area contributed by atoms with Crippen molar-refractivity contribution in [2.24, 2.45) is 0 Å². The molecule has 0 amide bonds. The lowest BCUT2D eigenvalue weighted by atomic mass is 9.81. The number of aromatic amines is 1. The SMILES string of the molecule is COc1cccc(C2CC(=O)c3c([nH]c(C(=O)OC(C)(C)C)c3C)C2)c1. The van der Waals surface area contributed by atoms with Gasteiger partial charge in [0.1, 0.15) is 17.0 Å². The van der Waals surface area contributed by atoms with E-state index < -0.39 is 11.6 Å². The molecule has 0 fully saturated rings. The largest absolute Gasteiger partial charge is 0.497 e. The van der Waals surface area contributed by atoms with Gasteiger partial charge in [0.05, 0.1) is 7.11 Å². The predicted molar refractivity (Wildman–Crippen MR) is 99.1 cm³/mol. The van der Waals surface area contributed by atoms with Crippen molar-refractivity contribution in [3.8, 4) is 5.75 Å². The lowest BCUT2D eigenvalue weighted by molar-refractivity contribution is 0.00625. The van der Waals surface area contributed by atoms with Gasteiger partial charge in [-0.15, -0.1) is 0 Å². The van der Waals surface area contributed by atoms with E-state index in [1.807, 2.05) is 45.0 Å². The molecular weight excluding hydrogens is 330 g/mol. The van der Waals surface area contributed by atoms with Crippen LogP contribution in [0.5, 0.6) is 5.75 Å². The van der Waals surface area contributed by atoms with Crippen molar-refractivity contribution in [2.45, 2.75) is 52.1 Å². The number of Topliss-reactive ketones (excluding diaryl/α,β-unsaturated/α-hetero) is 1. The van der Waals surface area contributed by atoms with Gasteiger partial charge in [-0.05, 0) is 63.3 Å². The molecule has 1 aliphatic rings. The monoisotopic (exact) mass is 355 g/mol. The van der Waals surface area contributed by atoms with Gasteiger partial charge in [0.2, 0.25) is 0 Å². The number of ketones is 1. The summed E-state index contributed by atoms with van der Waals surface area (Å²) in [5, 5.41) is 0. The molecule has 1 heterocycles. The smallest absolute Gasteiger partial charge is 0.355 e. The van der Waals surface area contributed by atoms with Crippen LogP contribution in [0.1, 0.15) is 70.8 Å². The van der Waals surface area contributed by atoms with E-state index >= 15 is 0 Å². The lowest BCUT2D eigenvalue weighted by Gasteiger charge is -2.22. The van der Waals surface area contributed by atoms with Crippen LogP contribution in [0.4, 0.5) is 0 Å². The van der Waals surface area contributed by atoms with Crippen LogP contribution in [0.2, 0.25) is 0 Å². The summed E-state index contributed by atoms with van der Waals surface area (Å²) < 4.78 is 10.8. The summed E-state index contributed by atoms with van der Waals surface area (Å²) in [4.78, 5) is 28.4. The molecule has 1 atom stereocenters. The first kappa shape index (κ1) is 18.2. The van der Waals surface area contributed by atoms with Crippen LogP contribution in [0.15, 0.2) is 24.3 Å². The van der Waals surface area contributed by atoms with Gasteiger partial charge in [0.15, 0.2) is 5.78 Å². The number of hydrogen-bond acceptors (Lipinski definition) is 4. The van der Waals surface area contributed by atoms with Crippen molar-refractivity contribution in [2.75, 3.05) is 7.11 Å². The summed E-state index contributed by atoms with van der Waals surface area (Å²) in [6.07, 6.45) is 1.10. The molecular formula is C21H25NO4. The Morgan fingerprint density at radius 1 is 1.23 bits per heavy atom. The third-order valence-electron chi connectivity index (χ3n) is 4.66. The Bertz CT molecular complexity index is 857. The average molecular weight is 355 g/mol. The summed E-state index contributed by atoms with van der Waals surface area (Å²) in [6, 6.07) is 7.79. The van der Waals surface area contributed by atoms with Gasteiger partial charge >= 0.3 is 5.97 Å². The standard InChI is InChI=1S/C21H25NO4/c1-12-18-16(22-19(12)20(24)26-21(2,3)4)10-14(11-17(18)23)13-7-6-8-15(9-13)25-5/h6-9,14,22H,10-11H2,1-5H3. The minimum Gasteiger partial charge on any atom is -0.497 e. The Kier molecular flexibility index (Phi) is 4.65. The summed E-state index contributed by atoms with van der Waals surface area (Å²) in [7, 11) is 1.63. The number of esters is 1. The molecule has 0 aliphatic heterocycles. The number of fused-ring (bicyclic) bond motifs is 1. The van der Waals surface area contributed by atoms with Crippen LogP contribution in [0.3, 0.4) is 0 Å². The van der Waals surface area contributed by atoms with E-state index in [1.165, 1.54) is 0 Å². The lowest BCUT2D eigenvalue weighted by Crippen LogP contribution is -2.24. The fourth-order valence-electron chi connectivity index (χ4n) is 3.50. The minimum atomic E-state index is -0.581. The number of methoxy groups -OCH3 is 1. The molecule has 1 N–H and O–H groups in total. The summed E-state index contributed by atoms with van der Waals surface area (Å²) in [5.74, 6) is 0.477. The van der Waals surface area contributed by atoms with E-state index in [-0.39, 0.29) is 11.7 Å². The maximum Gasteiger partial charge on any atom is 0.355 e. The number of carbonyl (C=O) groups excluding carboxylic acids is 2. The minimum absolute atomic E-state index is 0.0580. The Morgan fingerprint density at radius 2 is 1.96 bits per heavy atom. The second-order valence-corrected chi connectivity index (χ2v) is 7.79. The van der Waals surface area contributed by atoms with E-state index in [9.17, 15) is 9.59 Å². The zero-order valence-corrected chi connectivity index (χ0v) is 15.9. The number of benzene rings is 1. The van der Waals surface area contributed by atoms with Crippen molar-refractivity contribution in [1.29, 1.82) is 0 Å². The fraction of sp³-hybridized carbons (Fsp3) is 0.429. The van der Waals surface area contributed by atoms with Crippen molar-refractivity contribution in [3.63, 3.8) is 0 Å². The quantitative estimate of drug-likeness (QED) is 0.838. The maximum atomic E-state index is 12.8. The van der Waals surface area contributed by atoms with E-state index in [1.54, 1.807) is 14.0 Å². The molecule has 0 saturated carbocycles. The highest BCUT2D eigenvalue weighted by Crippen LogP contribution is 2.36. The number of rotatable bonds is 3. The molecule has 26 heavy (non-hydrogen) atoms. The third-order valence-corrected chi connectivity index (χ3v) is 4.66. The molecule has 138 valence electrons. The van der Waals surface area contributed by atoms with Gasteiger partial charge < -0.3 is 14.5 Å². The highest BCUT2D eigenvalue weighted by molar-refractivity contribution is 6.03. The summed E-state index contributed by atoms with van der Waals surface area (Å²) in [6.45, 7) is 7.28. The molecule has 0 spiro atoms. The van der Waals surface area contributed by atoms with E-state index in [2.05, 4.69) is 4.98 Å². The number of aromatic nitrogens is 1. The van der Waals surface area contributed by atoms with Gasteiger partial charge in [0, 0.05) is 17.7 Å². The Balaban J connectivity index is 1.92. The molecule has 1 aliphatic carbocycles. The molecule has 5 heteroatoms. The first-order valence-electron chi connectivity index (χ1n) is 8.81. The van der Waals surface area contributed by atoms with Gasteiger partial charge in [0.25, 0.3) is 0 Å². The normalized spacial score (nSPS) is 17.0. The average Bonchev–Trinajstić information content (AvgIpc) is 2.91. The molecule has 0 bridgehead atoms. The van der Waals surface area contributed by atoms with Crippen molar-refractivity contribution >= 4 is 11.8 Å². The van der Waals surface area contributed by atoms with E-state index in [0.717, 1.165) is 17.0 Å². The van der Waals surface area contributed by atoms with Gasteiger partial charge in [-0.25, -0.2) is 4.79 Å². The summed E-state index contributed by atoms with van der Waals surface area (Å²) in [5.41, 5.74) is 3.00. The van der Waals surface area contributed by atoms with Crippen LogP contribution < -0.4 is 4.74 Å². The summed E-state index contributed by atoms with van der Waals surface area (Å²) >= 11 is 0. The Labute approximate surface area is 153 Å². The number of hydrogen-bond donors (Lipinski definition) is 1. The molecule has 2 aromatic rings. The topological polar surface area (TPSA) is 68.4 Å². The second-order valence-electron chi connectivity index (χ2n) is 7.79. The molecule has 3 rings (SSSR count). The van der Waals surface area contributed by atoms with Crippen LogP contribution in [-0.2, 0) is 11.2 Å². The van der Waals surface area contributed by atoms with Crippen molar-refractivity contribution < 1.29 is 19.1 Å².